The molecule has 0 radical (unpaired) electrons. The molecule has 1 amide bonds. The van der Waals surface area contributed by atoms with Crippen LogP contribution in [0.3, 0.4) is 0 Å². The molecule has 114 valence electrons. The standard InChI is InChI=1S/C16H16BrN3O2/c1-22-15-7-5-14(6-8-15)18-11-16(21)20-19-10-12-3-2-4-13(17)9-12/h2-10,18H,11H2,1H3,(H,20,21). The third-order valence-electron chi connectivity index (χ3n) is 2.79. The third kappa shape index (κ3) is 5.21. The van der Waals surface area contributed by atoms with E-state index < -0.39 is 0 Å². The number of carbonyl (C=O) groups is 1. The quantitative estimate of drug-likeness (QED) is 0.613. The van der Waals surface area contributed by atoms with E-state index >= 15 is 0 Å². The molecule has 0 aliphatic heterocycles. The summed E-state index contributed by atoms with van der Waals surface area (Å²) in [7, 11) is 1.61. The molecule has 6 heteroatoms. The van der Waals surface area contributed by atoms with Crippen LogP contribution in [-0.4, -0.2) is 25.8 Å². The summed E-state index contributed by atoms with van der Waals surface area (Å²) in [6.07, 6.45) is 1.59. The Labute approximate surface area is 137 Å². The lowest BCUT2D eigenvalue weighted by Crippen LogP contribution is -2.25. The maximum atomic E-state index is 11.7. The number of nitrogens with one attached hydrogen (secondary N) is 2. The number of nitrogens with zero attached hydrogens (tertiary/aromatic N) is 1. The molecule has 22 heavy (non-hydrogen) atoms. The van der Waals surface area contributed by atoms with E-state index in [2.05, 4.69) is 31.8 Å². The van der Waals surface area contributed by atoms with Crippen molar-refractivity contribution in [2.75, 3.05) is 19.0 Å². The van der Waals surface area contributed by atoms with Gasteiger partial charge in [0.2, 0.25) is 0 Å². The predicted molar refractivity (Wildman–Crippen MR) is 91.4 cm³/mol. The molecule has 2 rings (SSSR count). The molecule has 0 saturated carbocycles. The van der Waals surface area contributed by atoms with Gasteiger partial charge in [-0.2, -0.15) is 5.10 Å². The van der Waals surface area contributed by atoms with Crippen molar-refractivity contribution in [3.63, 3.8) is 0 Å². The van der Waals surface area contributed by atoms with Crippen molar-refractivity contribution in [1.82, 2.24) is 5.43 Å². The highest BCUT2D eigenvalue weighted by atomic mass is 79.9. The number of rotatable bonds is 6. The van der Waals surface area contributed by atoms with Crippen LogP contribution in [-0.2, 0) is 4.79 Å². The summed E-state index contributed by atoms with van der Waals surface area (Å²) in [5, 5.41) is 6.92. The second kappa shape index (κ2) is 8.19. The highest BCUT2D eigenvalue weighted by Gasteiger charge is 1.99. The lowest BCUT2D eigenvalue weighted by Gasteiger charge is -2.06. The average Bonchev–Trinajstić information content (AvgIpc) is 2.53. The molecular weight excluding hydrogens is 346 g/mol. The molecule has 0 fully saturated rings. The molecule has 2 aromatic carbocycles. The van der Waals surface area contributed by atoms with Crippen LogP contribution in [0.4, 0.5) is 5.69 Å². The number of benzene rings is 2. The summed E-state index contributed by atoms with van der Waals surface area (Å²) in [5.74, 6) is 0.552. The van der Waals surface area contributed by atoms with Crippen LogP contribution < -0.4 is 15.5 Å². The summed E-state index contributed by atoms with van der Waals surface area (Å²) in [4.78, 5) is 11.7. The molecule has 2 aromatic rings. The lowest BCUT2D eigenvalue weighted by atomic mass is 10.2. The summed E-state index contributed by atoms with van der Waals surface area (Å²) in [6.45, 7) is 0.141. The Balaban J connectivity index is 1.77. The minimum absolute atomic E-state index is 0.141. The second-order valence-electron chi connectivity index (χ2n) is 4.43. The molecule has 5 nitrogen and oxygen atoms in total. The largest absolute Gasteiger partial charge is 0.497 e. The summed E-state index contributed by atoms with van der Waals surface area (Å²) < 4.78 is 6.03. The van der Waals surface area contributed by atoms with Gasteiger partial charge in [-0.15, -0.1) is 0 Å². The number of methoxy groups -OCH3 is 1. The SMILES string of the molecule is COc1ccc(NCC(=O)NN=Cc2cccc(Br)c2)cc1. The number of hydrogen-bond acceptors (Lipinski definition) is 4. The van der Waals surface area contributed by atoms with Gasteiger partial charge >= 0.3 is 0 Å². The van der Waals surface area contributed by atoms with Crippen LogP contribution in [0.15, 0.2) is 58.1 Å². The molecule has 2 N–H and O–H groups in total. The summed E-state index contributed by atoms with van der Waals surface area (Å²) in [6, 6.07) is 15.0. The van der Waals surface area contributed by atoms with E-state index in [1.54, 1.807) is 13.3 Å². The minimum Gasteiger partial charge on any atom is -0.497 e. The second-order valence-corrected chi connectivity index (χ2v) is 5.35. The molecular formula is C16H16BrN3O2. The molecule has 0 aliphatic rings. The van der Waals surface area contributed by atoms with Crippen molar-refractivity contribution in [2.45, 2.75) is 0 Å². The zero-order valence-electron chi connectivity index (χ0n) is 12.0. The zero-order chi connectivity index (χ0) is 15.8. The summed E-state index contributed by atoms with van der Waals surface area (Å²) in [5.41, 5.74) is 4.21. The molecule has 0 aliphatic carbocycles. The molecule has 0 aromatic heterocycles. The van der Waals surface area contributed by atoms with E-state index in [4.69, 9.17) is 4.74 Å². The van der Waals surface area contributed by atoms with E-state index in [0.29, 0.717) is 0 Å². The molecule has 0 unspecified atom stereocenters. The maximum Gasteiger partial charge on any atom is 0.259 e. The van der Waals surface area contributed by atoms with Gasteiger partial charge in [-0.1, -0.05) is 28.1 Å². The molecule has 0 spiro atoms. The van der Waals surface area contributed by atoms with Crippen LogP contribution in [0.2, 0.25) is 0 Å². The van der Waals surface area contributed by atoms with Crippen LogP contribution in [0.5, 0.6) is 5.75 Å². The number of anilines is 1. The minimum atomic E-state index is -0.220. The first-order valence-electron chi connectivity index (χ1n) is 6.63. The van der Waals surface area contributed by atoms with Crippen LogP contribution in [0, 0.1) is 0 Å². The van der Waals surface area contributed by atoms with Crippen molar-refractivity contribution >= 4 is 33.7 Å². The number of hydrazone groups is 1. The van der Waals surface area contributed by atoms with Crippen molar-refractivity contribution in [2.24, 2.45) is 5.10 Å². The number of halogens is 1. The Morgan fingerprint density at radius 2 is 2.05 bits per heavy atom. The van der Waals surface area contributed by atoms with Gasteiger partial charge in [0, 0.05) is 10.2 Å². The number of carbonyl (C=O) groups excluding carboxylic acids is 1. The zero-order valence-corrected chi connectivity index (χ0v) is 13.6. The van der Waals surface area contributed by atoms with Crippen LogP contribution in [0.1, 0.15) is 5.56 Å². The van der Waals surface area contributed by atoms with Gasteiger partial charge in [0.1, 0.15) is 5.75 Å². The molecule has 0 bridgehead atoms. The Hall–Kier alpha value is -2.34. The Bertz CT molecular complexity index is 657. The molecule has 0 saturated heterocycles. The average molecular weight is 362 g/mol. The van der Waals surface area contributed by atoms with Gasteiger partial charge in [-0.05, 0) is 42.0 Å². The molecule has 0 atom stereocenters. The fraction of sp³-hybridized carbons (Fsp3) is 0.125. The van der Waals surface area contributed by atoms with Gasteiger partial charge < -0.3 is 10.1 Å². The number of amides is 1. The smallest absolute Gasteiger partial charge is 0.259 e. The maximum absolute atomic E-state index is 11.7. The van der Waals surface area contributed by atoms with E-state index in [1.165, 1.54) is 0 Å². The van der Waals surface area contributed by atoms with Gasteiger partial charge in [-0.3, -0.25) is 4.79 Å². The molecule has 0 heterocycles. The Kier molecular flexibility index (Phi) is 5.97. The fourth-order valence-corrected chi connectivity index (χ4v) is 2.11. The Morgan fingerprint density at radius 3 is 2.73 bits per heavy atom. The third-order valence-corrected chi connectivity index (χ3v) is 3.29. The van der Waals surface area contributed by atoms with E-state index in [1.807, 2.05) is 48.5 Å². The van der Waals surface area contributed by atoms with Crippen LogP contribution in [0.25, 0.3) is 0 Å². The van der Waals surface area contributed by atoms with E-state index in [-0.39, 0.29) is 12.5 Å². The van der Waals surface area contributed by atoms with Gasteiger partial charge in [-0.25, -0.2) is 5.43 Å². The van der Waals surface area contributed by atoms with Crippen LogP contribution >= 0.6 is 15.9 Å². The fourth-order valence-electron chi connectivity index (χ4n) is 1.70. The van der Waals surface area contributed by atoms with Crippen molar-refractivity contribution in [3.05, 3.63) is 58.6 Å². The van der Waals surface area contributed by atoms with Crippen molar-refractivity contribution in [1.29, 1.82) is 0 Å². The normalized spacial score (nSPS) is 10.5. The van der Waals surface area contributed by atoms with Gasteiger partial charge in [0.15, 0.2) is 0 Å². The van der Waals surface area contributed by atoms with E-state index in [9.17, 15) is 4.79 Å². The van der Waals surface area contributed by atoms with Gasteiger partial charge in [0.05, 0.1) is 19.9 Å². The first-order chi connectivity index (χ1) is 10.7. The Morgan fingerprint density at radius 1 is 1.27 bits per heavy atom. The summed E-state index contributed by atoms with van der Waals surface area (Å²) >= 11 is 3.38. The monoisotopic (exact) mass is 361 g/mol. The van der Waals surface area contributed by atoms with Crippen molar-refractivity contribution < 1.29 is 9.53 Å². The first-order valence-corrected chi connectivity index (χ1v) is 7.42. The lowest BCUT2D eigenvalue weighted by molar-refractivity contribution is -0.119. The van der Waals surface area contributed by atoms with Crippen molar-refractivity contribution in [3.8, 4) is 5.75 Å². The topological polar surface area (TPSA) is 62.7 Å². The first kappa shape index (κ1) is 16.0. The van der Waals surface area contributed by atoms with Gasteiger partial charge in [0.25, 0.3) is 5.91 Å². The predicted octanol–water partition coefficient (Wildman–Crippen LogP) is 3.02. The number of ether oxygens (including phenoxy) is 1. The highest BCUT2D eigenvalue weighted by Crippen LogP contribution is 2.14. The van der Waals surface area contributed by atoms with E-state index in [0.717, 1.165) is 21.5 Å². The number of hydrogen-bond donors (Lipinski definition) is 2. The highest BCUT2D eigenvalue weighted by molar-refractivity contribution is 9.10.